The van der Waals surface area contributed by atoms with Crippen molar-refractivity contribution in [1.29, 1.82) is 5.26 Å². The van der Waals surface area contributed by atoms with Crippen LogP contribution in [0.3, 0.4) is 0 Å². The average Bonchev–Trinajstić information content (AvgIpc) is 3.31. The third kappa shape index (κ3) is 3.39. The van der Waals surface area contributed by atoms with Crippen molar-refractivity contribution in [1.82, 2.24) is 34.7 Å². The second-order valence-corrected chi connectivity index (χ2v) is 7.41. The molecule has 0 spiro atoms. The normalized spacial score (nSPS) is 13.3. The maximum atomic E-state index is 9.30. The van der Waals surface area contributed by atoms with Gasteiger partial charge in [-0.3, -0.25) is 4.68 Å². The SMILES string of the molecule is Cc1c(C#N)cccc1-c1cc(-c2cn(Cc3ccn(C4CC4)n3)nn2)nc(N)n1. The van der Waals surface area contributed by atoms with Crippen molar-refractivity contribution in [3.05, 3.63) is 59.5 Å². The number of nitrogens with zero attached hydrogens (tertiary/aromatic N) is 8. The van der Waals surface area contributed by atoms with Gasteiger partial charge in [-0.2, -0.15) is 10.4 Å². The van der Waals surface area contributed by atoms with E-state index >= 15 is 0 Å². The Kier molecular flexibility index (Phi) is 4.25. The molecule has 0 unspecified atom stereocenters. The maximum Gasteiger partial charge on any atom is 0.221 e. The number of rotatable bonds is 5. The molecule has 9 heteroatoms. The third-order valence-corrected chi connectivity index (χ3v) is 5.18. The van der Waals surface area contributed by atoms with Gasteiger partial charge in [0.25, 0.3) is 0 Å². The average molecular weight is 397 g/mol. The molecule has 9 nitrogen and oxygen atoms in total. The van der Waals surface area contributed by atoms with E-state index in [9.17, 15) is 5.26 Å². The number of hydrogen-bond donors (Lipinski definition) is 1. The first-order valence-electron chi connectivity index (χ1n) is 9.70. The van der Waals surface area contributed by atoms with E-state index in [-0.39, 0.29) is 5.95 Å². The number of hydrogen-bond acceptors (Lipinski definition) is 7. The predicted molar refractivity (Wildman–Crippen MR) is 110 cm³/mol. The lowest BCUT2D eigenvalue weighted by molar-refractivity contribution is 0.595. The van der Waals surface area contributed by atoms with Crippen LogP contribution in [0.5, 0.6) is 0 Å². The molecule has 30 heavy (non-hydrogen) atoms. The molecular formula is C21H19N9. The first-order chi connectivity index (χ1) is 14.6. The summed E-state index contributed by atoms with van der Waals surface area (Å²) in [7, 11) is 0. The third-order valence-electron chi connectivity index (χ3n) is 5.18. The zero-order valence-corrected chi connectivity index (χ0v) is 16.4. The van der Waals surface area contributed by atoms with Gasteiger partial charge in [0, 0.05) is 11.8 Å². The maximum absolute atomic E-state index is 9.30. The lowest BCUT2D eigenvalue weighted by Gasteiger charge is -2.08. The Hall–Kier alpha value is -4.06. The van der Waals surface area contributed by atoms with Crippen molar-refractivity contribution < 1.29 is 0 Å². The highest BCUT2D eigenvalue weighted by atomic mass is 15.4. The molecule has 0 bridgehead atoms. The van der Waals surface area contributed by atoms with Gasteiger partial charge in [0.05, 0.1) is 47.5 Å². The predicted octanol–water partition coefficient (Wildman–Crippen LogP) is 2.74. The van der Waals surface area contributed by atoms with Gasteiger partial charge in [-0.1, -0.05) is 17.3 Å². The second kappa shape index (κ2) is 7.08. The number of nitrogen functional groups attached to an aromatic ring is 1. The number of anilines is 1. The van der Waals surface area contributed by atoms with Crippen LogP contribution < -0.4 is 5.73 Å². The number of nitriles is 1. The van der Waals surface area contributed by atoms with Gasteiger partial charge >= 0.3 is 0 Å². The zero-order chi connectivity index (χ0) is 20.7. The Balaban J connectivity index is 1.44. The molecular weight excluding hydrogens is 378 g/mol. The van der Waals surface area contributed by atoms with Gasteiger partial charge in [-0.15, -0.1) is 5.10 Å². The number of benzene rings is 1. The Labute approximate surface area is 172 Å². The summed E-state index contributed by atoms with van der Waals surface area (Å²) in [6.07, 6.45) is 6.23. The van der Waals surface area contributed by atoms with Crippen LogP contribution in [0.1, 0.15) is 35.7 Å². The molecule has 1 saturated carbocycles. The molecule has 0 saturated heterocycles. The van der Waals surface area contributed by atoms with Crippen LogP contribution in [-0.4, -0.2) is 34.7 Å². The number of nitrogens with two attached hydrogens (primary N) is 1. The van der Waals surface area contributed by atoms with Gasteiger partial charge in [0.2, 0.25) is 5.95 Å². The fraction of sp³-hybridized carbons (Fsp3) is 0.238. The van der Waals surface area contributed by atoms with Crippen LogP contribution in [0, 0.1) is 18.3 Å². The van der Waals surface area contributed by atoms with Crippen molar-refractivity contribution in [2.24, 2.45) is 0 Å². The summed E-state index contributed by atoms with van der Waals surface area (Å²) in [5.41, 5.74) is 11.0. The smallest absolute Gasteiger partial charge is 0.221 e. The van der Waals surface area contributed by atoms with Crippen molar-refractivity contribution in [2.45, 2.75) is 32.4 Å². The van der Waals surface area contributed by atoms with Gasteiger partial charge in [-0.25, -0.2) is 14.6 Å². The molecule has 148 valence electrons. The topological polar surface area (TPSA) is 124 Å². The minimum atomic E-state index is 0.141. The molecule has 0 atom stereocenters. The number of aromatic nitrogens is 7. The molecule has 2 N–H and O–H groups in total. The zero-order valence-electron chi connectivity index (χ0n) is 16.4. The van der Waals surface area contributed by atoms with Crippen LogP contribution in [0.25, 0.3) is 22.6 Å². The first-order valence-corrected chi connectivity index (χ1v) is 9.70. The van der Waals surface area contributed by atoms with Crippen LogP contribution >= 0.6 is 0 Å². The van der Waals surface area contributed by atoms with Crippen molar-refractivity contribution in [3.8, 4) is 28.7 Å². The summed E-state index contributed by atoms with van der Waals surface area (Å²) in [5.74, 6) is 0.141. The minimum absolute atomic E-state index is 0.141. The van der Waals surface area contributed by atoms with Gasteiger partial charge < -0.3 is 5.73 Å². The lowest BCUT2D eigenvalue weighted by Crippen LogP contribution is -2.03. The monoisotopic (exact) mass is 397 g/mol. The quantitative estimate of drug-likeness (QED) is 0.549. The Morgan fingerprint density at radius 1 is 1.17 bits per heavy atom. The fourth-order valence-corrected chi connectivity index (χ4v) is 3.43. The molecule has 3 aromatic heterocycles. The molecule has 1 aliphatic carbocycles. The van der Waals surface area contributed by atoms with Crippen molar-refractivity contribution >= 4 is 5.95 Å². The van der Waals surface area contributed by atoms with Crippen LogP contribution in [0.2, 0.25) is 0 Å². The molecule has 0 radical (unpaired) electrons. The van der Waals surface area contributed by atoms with Gasteiger partial charge in [0.15, 0.2) is 0 Å². The summed E-state index contributed by atoms with van der Waals surface area (Å²) in [5, 5.41) is 22.4. The Morgan fingerprint density at radius 3 is 2.80 bits per heavy atom. The summed E-state index contributed by atoms with van der Waals surface area (Å²) in [6, 6.07) is 12.1. The van der Waals surface area contributed by atoms with Gasteiger partial charge in [-0.05, 0) is 43.5 Å². The van der Waals surface area contributed by atoms with E-state index in [2.05, 4.69) is 31.4 Å². The molecule has 3 heterocycles. The minimum Gasteiger partial charge on any atom is -0.368 e. The van der Waals surface area contributed by atoms with E-state index in [1.165, 1.54) is 12.8 Å². The Morgan fingerprint density at radius 2 is 2.00 bits per heavy atom. The summed E-state index contributed by atoms with van der Waals surface area (Å²) in [4.78, 5) is 8.68. The van der Waals surface area contributed by atoms with Gasteiger partial charge in [0.1, 0.15) is 5.69 Å². The molecule has 4 aromatic rings. The molecule has 0 aliphatic heterocycles. The van der Waals surface area contributed by atoms with E-state index < -0.39 is 0 Å². The van der Waals surface area contributed by atoms with E-state index in [4.69, 9.17) is 5.73 Å². The summed E-state index contributed by atoms with van der Waals surface area (Å²) < 4.78 is 3.75. The molecule has 0 amide bonds. The summed E-state index contributed by atoms with van der Waals surface area (Å²) >= 11 is 0. The summed E-state index contributed by atoms with van der Waals surface area (Å²) in [6.45, 7) is 2.42. The lowest BCUT2D eigenvalue weighted by atomic mass is 10.00. The highest BCUT2D eigenvalue weighted by Gasteiger charge is 2.24. The van der Waals surface area contributed by atoms with Crippen molar-refractivity contribution in [2.75, 3.05) is 5.73 Å². The van der Waals surface area contributed by atoms with E-state index in [1.807, 2.05) is 48.3 Å². The Bertz CT molecular complexity index is 1270. The van der Waals surface area contributed by atoms with E-state index in [0.29, 0.717) is 35.2 Å². The molecule has 1 aliphatic rings. The van der Waals surface area contributed by atoms with E-state index in [0.717, 1.165) is 16.8 Å². The van der Waals surface area contributed by atoms with Crippen LogP contribution in [-0.2, 0) is 6.54 Å². The largest absolute Gasteiger partial charge is 0.368 e. The fourth-order valence-electron chi connectivity index (χ4n) is 3.43. The van der Waals surface area contributed by atoms with Crippen molar-refractivity contribution in [3.63, 3.8) is 0 Å². The van der Waals surface area contributed by atoms with Crippen LogP contribution in [0.15, 0.2) is 42.7 Å². The molecule has 5 rings (SSSR count). The highest BCUT2D eigenvalue weighted by molar-refractivity contribution is 5.71. The first kappa shape index (κ1) is 18.0. The molecule has 1 aromatic carbocycles. The second-order valence-electron chi connectivity index (χ2n) is 7.41. The highest BCUT2D eigenvalue weighted by Crippen LogP contribution is 2.34. The van der Waals surface area contributed by atoms with E-state index in [1.54, 1.807) is 10.7 Å². The standard InChI is InChI=1S/C21H19N9/c1-13-14(10-22)3-2-4-17(13)18-9-19(25-21(23)24-18)20-12-29(28-26-20)11-15-7-8-30(27-15)16-5-6-16/h2-4,7-9,12,16H,5-6,11H2,1H3,(H2,23,24,25). The van der Waals surface area contributed by atoms with Crippen LogP contribution in [0.4, 0.5) is 5.95 Å². The molecule has 1 fully saturated rings.